The number of carbonyl (C=O) groups excluding carboxylic acids is 1. The maximum absolute atomic E-state index is 13.4. The van der Waals surface area contributed by atoms with Gasteiger partial charge in [-0.25, -0.2) is 4.39 Å². The molecule has 2 heterocycles. The van der Waals surface area contributed by atoms with Crippen LogP contribution in [-0.2, 0) is 10.3 Å². The van der Waals surface area contributed by atoms with E-state index in [0.717, 1.165) is 0 Å². The Bertz CT molecular complexity index is 1310. The predicted molar refractivity (Wildman–Crippen MR) is 131 cm³/mol. The van der Waals surface area contributed by atoms with E-state index in [0.29, 0.717) is 33.2 Å². The number of nitrogens with one attached hydrogen (secondary N) is 2. The van der Waals surface area contributed by atoms with E-state index in [1.165, 1.54) is 19.2 Å². The summed E-state index contributed by atoms with van der Waals surface area (Å²) in [6, 6.07) is 17.2. The number of nitrogens with zero attached hydrogens (tertiary/aromatic N) is 2. The van der Waals surface area contributed by atoms with Crippen LogP contribution in [0.5, 0.6) is 0 Å². The largest absolute Gasteiger partial charge is 0.394 e. The fourth-order valence-electron chi connectivity index (χ4n) is 3.88. The number of amides is 1. The van der Waals surface area contributed by atoms with E-state index in [2.05, 4.69) is 20.5 Å². The molecule has 1 amide bonds. The molecule has 7 nitrogen and oxygen atoms in total. The highest BCUT2D eigenvalue weighted by atomic mass is 35.5. The second-order valence-electron chi connectivity index (χ2n) is 8.07. The number of aliphatic hydroxyl groups is 1. The van der Waals surface area contributed by atoms with Gasteiger partial charge >= 0.3 is 0 Å². The van der Waals surface area contributed by atoms with Crippen molar-refractivity contribution in [3.63, 3.8) is 0 Å². The highest BCUT2D eigenvalue weighted by molar-refractivity contribution is 6.34. The van der Waals surface area contributed by atoms with Gasteiger partial charge in [0.05, 0.1) is 40.3 Å². The fraction of sp³-hybridized carbons (Fsp3) is 0.192. The van der Waals surface area contributed by atoms with Crippen molar-refractivity contribution in [3.05, 3.63) is 95.0 Å². The summed E-state index contributed by atoms with van der Waals surface area (Å²) >= 11 is 6.51. The van der Waals surface area contributed by atoms with Crippen molar-refractivity contribution >= 4 is 17.5 Å². The van der Waals surface area contributed by atoms with Crippen molar-refractivity contribution in [1.82, 2.24) is 20.5 Å². The van der Waals surface area contributed by atoms with Crippen LogP contribution in [0.3, 0.4) is 0 Å². The number of hydrogen-bond acceptors (Lipinski definition) is 5. The fourth-order valence-corrected chi connectivity index (χ4v) is 4.16. The number of carbonyl (C=O) groups is 1. The van der Waals surface area contributed by atoms with E-state index in [1.54, 1.807) is 61.7 Å². The third kappa shape index (κ3) is 4.95. The maximum atomic E-state index is 13.4. The molecule has 4 rings (SSSR count). The van der Waals surface area contributed by atoms with Gasteiger partial charge in [0.25, 0.3) is 5.91 Å². The first-order valence-corrected chi connectivity index (χ1v) is 11.2. The second kappa shape index (κ2) is 10.4. The average molecular weight is 495 g/mol. The first kappa shape index (κ1) is 24.5. The Hall–Kier alpha value is -3.59. The number of methoxy groups -OCH3 is 1. The maximum Gasteiger partial charge on any atom is 0.252 e. The van der Waals surface area contributed by atoms with E-state index in [9.17, 15) is 14.3 Å². The standard InChI is InChI=1S/C26H24ClFN4O3/c1-26(35-2,22-8-3-4-13-29-22)23(15-33)30-25(34)18-6-5-7-19(27)24(18)21-14-20(31-32-21)16-9-11-17(28)12-10-16/h3-14,23,33H,15H2,1-2H3,(H,30,34)(H,31,32)/t23-,26?/m0/s1. The third-order valence-electron chi connectivity index (χ3n) is 6.00. The number of hydrogen-bond donors (Lipinski definition) is 3. The number of H-pyrrole nitrogens is 1. The SMILES string of the molecule is COC(C)(c1ccccn1)[C@H](CO)NC(=O)c1cccc(Cl)c1-c1cc(-c2ccc(F)cc2)n[nH]1. The summed E-state index contributed by atoms with van der Waals surface area (Å²) in [6.07, 6.45) is 1.62. The zero-order valence-corrected chi connectivity index (χ0v) is 19.9. The smallest absolute Gasteiger partial charge is 0.252 e. The van der Waals surface area contributed by atoms with Gasteiger partial charge in [0.2, 0.25) is 0 Å². The molecule has 0 bridgehead atoms. The lowest BCUT2D eigenvalue weighted by Crippen LogP contribution is -2.52. The summed E-state index contributed by atoms with van der Waals surface area (Å²) in [4.78, 5) is 17.8. The Morgan fingerprint density at radius 2 is 1.97 bits per heavy atom. The van der Waals surface area contributed by atoms with Gasteiger partial charge in [-0.15, -0.1) is 0 Å². The molecule has 4 aromatic rings. The molecule has 2 atom stereocenters. The van der Waals surface area contributed by atoms with Crippen molar-refractivity contribution in [1.29, 1.82) is 0 Å². The van der Waals surface area contributed by atoms with Crippen LogP contribution in [0.2, 0.25) is 5.02 Å². The molecule has 0 radical (unpaired) electrons. The van der Waals surface area contributed by atoms with E-state index in [4.69, 9.17) is 16.3 Å². The lowest BCUT2D eigenvalue weighted by Gasteiger charge is -2.35. The van der Waals surface area contributed by atoms with Crippen molar-refractivity contribution < 1.29 is 19.0 Å². The summed E-state index contributed by atoms with van der Waals surface area (Å²) in [7, 11) is 1.50. The molecular weight excluding hydrogens is 471 g/mol. The van der Waals surface area contributed by atoms with Crippen LogP contribution in [0.4, 0.5) is 4.39 Å². The molecule has 1 unspecified atom stereocenters. The monoisotopic (exact) mass is 494 g/mol. The highest BCUT2D eigenvalue weighted by Gasteiger charge is 2.38. The quantitative estimate of drug-likeness (QED) is 0.333. The molecule has 0 fully saturated rings. The van der Waals surface area contributed by atoms with Crippen LogP contribution in [0.15, 0.2) is 72.9 Å². The molecule has 2 aromatic carbocycles. The Kier molecular flexibility index (Phi) is 7.25. The minimum Gasteiger partial charge on any atom is -0.394 e. The molecule has 3 N–H and O–H groups in total. The molecular formula is C26H24ClFN4O3. The highest BCUT2D eigenvalue weighted by Crippen LogP contribution is 2.33. The van der Waals surface area contributed by atoms with Gasteiger partial charge in [-0.1, -0.05) is 23.7 Å². The van der Waals surface area contributed by atoms with E-state index >= 15 is 0 Å². The van der Waals surface area contributed by atoms with Gasteiger partial charge in [-0.2, -0.15) is 5.10 Å². The van der Waals surface area contributed by atoms with Crippen molar-refractivity contribution in [2.75, 3.05) is 13.7 Å². The molecule has 9 heteroatoms. The number of aromatic nitrogens is 3. The van der Waals surface area contributed by atoms with Crippen LogP contribution < -0.4 is 5.32 Å². The molecule has 0 aliphatic carbocycles. The van der Waals surface area contributed by atoms with Gasteiger partial charge in [0.1, 0.15) is 11.4 Å². The van der Waals surface area contributed by atoms with Gasteiger partial charge < -0.3 is 15.2 Å². The van der Waals surface area contributed by atoms with Crippen LogP contribution in [0.25, 0.3) is 22.5 Å². The number of ether oxygens (including phenoxy) is 1. The zero-order chi connectivity index (χ0) is 25.0. The lowest BCUT2D eigenvalue weighted by atomic mass is 9.91. The minimum atomic E-state index is -1.09. The topological polar surface area (TPSA) is 100 Å². The molecule has 180 valence electrons. The normalized spacial score (nSPS) is 13.7. The van der Waals surface area contributed by atoms with Crippen LogP contribution in [0.1, 0.15) is 23.0 Å². The molecule has 0 spiro atoms. The van der Waals surface area contributed by atoms with E-state index < -0.39 is 17.6 Å². The summed E-state index contributed by atoms with van der Waals surface area (Å²) in [5.41, 5.74) is 1.99. The minimum absolute atomic E-state index is 0.282. The van der Waals surface area contributed by atoms with Gasteiger partial charge in [0.15, 0.2) is 0 Å². The van der Waals surface area contributed by atoms with Crippen molar-refractivity contribution in [3.8, 4) is 22.5 Å². The number of benzene rings is 2. The average Bonchev–Trinajstić information content (AvgIpc) is 3.37. The van der Waals surface area contributed by atoms with Crippen molar-refractivity contribution in [2.24, 2.45) is 0 Å². The van der Waals surface area contributed by atoms with Crippen LogP contribution in [0, 0.1) is 5.82 Å². The molecule has 2 aromatic heterocycles. The number of pyridine rings is 1. The Labute approximate surface area is 206 Å². The summed E-state index contributed by atoms with van der Waals surface area (Å²) in [5.74, 6) is -0.805. The number of halogens is 2. The first-order valence-electron chi connectivity index (χ1n) is 10.9. The summed E-state index contributed by atoms with van der Waals surface area (Å²) in [5, 5.41) is 20.6. The van der Waals surface area contributed by atoms with E-state index in [1.807, 2.05) is 6.07 Å². The Balaban J connectivity index is 1.67. The van der Waals surface area contributed by atoms with Gasteiger partial charge in [-0.3, -0.25) is 14.9 Å². The predicted octanol–water partition coefficient (Wildman–Crippen LogP) is 4.58. The number of rotatable bonds is 8. The molecule has 0 saturated heterocycles. The molecule has 0 saturated carbocycles. The number of aromatic amines is 1. The van der Waals surface area contributed by atoms with E-state index in [-0.39, 0.29) is 18.0 Å². The molecule has 0 aliphatic rings. The van der Waals surface area contributed by atoms with Crippen molar-refractivity contribution in [2.45, 2.75) is 18.6 Å². The van der Waals surface area contributed by atoms with Gasteiger partial charge in [-0.05, 0) is 61.5 Å². The molecule has 35 heavy (non-hydrogen) atoms. The van der Waals surface area contributed by atoms with Gasteiger partial charge in [0, 0.05) is 24.4 Å². The molecule has 0 aliphatic heterocycles. The lowest BCUT2D eigenvalue weighted by molar-refractivity contribution is -0.0464. The number of aliphatic hydroxyl groups excluding tert-OH is 1. The Morgan fingerprint density at radius 3 is 2.63 bits per heavy atom. The second-order valence-corrected chi connectivity index (χ2v) is 8.48. The summed E-state index contributed by atoms with van der Waals surface area (Å²) in [6.45, 7) is 1.36. The Morgan fingerprint density at radius 1 is 1.20 bits per heavy atom. The first-order chi connectivity index (χ1) is 16.9. The summed E-state index contributed by atoms with van der Waals surface area (Å²) < 4.78 is 19.0. The third-order valence-corrected chi connectivity index (χ3v) is 6.31. The zero-order valence-electron chi connectivity index (χ0n) is 19.1. The van der Waals surface area contributed by atoms with Crippen LogP contribution >= 0.6 is 11.6 Å². The van der Waals surface area contributed by atoms with Crippen LogP contribution in [-0.4, -0.2) is 46.0 Å².